The van der Waals surface area contributed by atoms with Gasteiger partial charge in [0.05, 0.1) is 24.1 Å². The lowest BCUT2D eigenvalue weighted by Crippen LogP contribution is -2.49. The van der Waals surface area contributed by atoms with Gasteiger partial charge in [-0.25, -0.2) is 13.6 Å². The van der Waals surface area contributed by atoms with Gasteiger partial charge in [0.15, 0.2) is 11.6 Å². The fourth-order valence-corrected chi connectivity index (χ4v) is 5.46. The van der Waals surface area contributed by atoms with E-state index in [1.54, 1.807) is 0 Å². The number of methoxy groups -OCH3 is 1. The van der Waals surface area contributed by atoms with Crippen LogP contribution in [0.5, 0.6) is 5.75 Å². The predicted molar refractivity (Wildman–Crippen MR) is 111 cm³/mol. The molecule has 0 bridgehead atoms. The van der Waals surface area contributed by atoms with Gasteiger partial charge in [-0.15, -0.1) is 0 Å². The number of hydrogen-bond donors (Lipinski definition) is 2. The molecule has 31 heavy (non-hydrogen) atoms. The van der Waals surface area contributed by atoms with Crippen molar-refractivity contribution in [3.8, 4) is 5.75 Å². The molecule has 2 saturated carbocycles. The number of alkyl halides is 1. The van der Waals surface area contributed by atoms with Crippen LogP contribution in [0.15, 0.2) is 17.1 Å². The summed E-state index contributed by atoms with van der Waals surface area (Å²) in [7, 11) is 1.37. The number of carboxylic acid groups (broad SMARTS) is 1. The average Bonchev–Trinajstić information content (AvgIpc) is 3.33. The maximum Gasteiger partial charge on any atom is 0.341 e. The molecule has 7 nitrogen and oxygen atoms in total. The van der Waals surface area contributed by atoms with Crippen LogP contribution >= 0.6 is 0 Å². The highest BCUT2D eigenvalue weighted by Gasteiger charge is 2.47. The van der Waals surface area contributed by atoms with Crippen molar-refractivity contribution in [2.45, 2.75) is 49.9 Å². The second kappa shape index (κ2) is 6.91. The second-order valence-electron chi connectivity index (χ2n) is 9.10. The van der Waals surface area contributed by atoms with E-state index in [0.717, 1.165) is 37.9 Å². The van der Waals surface area contributed by atoms with E-state index in [2.05, 4.69) is 0 Å². The number of aromatic nitrogens is 1. The molecule has 2 heterocycles. The van der Waals surface area contributed by atoms with Crippen molar-refractivity contribution in [3.63, 3.8) is 0 Å². The number of nitrogens with two attached hydrogens (primary N) is 1. The number of anilines is 1. The first-order valence-electron chi connectivity index (χ1n) is 10.6. The van der Waals surface area contributed by atoms with Crippen LogP contribution in [0, 0.1) is 11.7 Å². The molecule has 4 atom stereocenters. The van der Waals surface area contributed by atoms with Crippen molar-refractivity contribution in [1.82, 2.24) is 4.57 Å². The van der Waals surface area contributed by atoms with Gasteiger partial charge < -0.3 is 25.0 Å². The molecule has 1 saturated heterocycles. The Morgan fingerprint density at radius 1 is 1.39 bits per heavy atom. The molecule has 3 aliphatic rings. The summed E-state index contributed by atoms with van der Waals surface area (Å²) < 4.78 is 36.4. The number of hydrogen-bond acceptors (Lipinski definition) is 5. The Bertz CT molecular complexity index is 1150. The predicted octanol–water partition coefficient (Wildman–Crippen LogP) is 2.84. The Labute approximate surface area is 177 Å². The molecule has 1 aromatic carbocycles. The van der Waals surface area contributed by atoms with E-state index in [0.29, 0.717) is 13.1 Å². The first kappa shape index (κ1) is 20.2. The van der Waals surface area contributed by atoms with Gasteiger partial charge in [0.1, 0.15) is 17.4 Å². The smallest absolute Gasteiger partial charge is 0.341 e. The van der Waals surface area contributed by atoms with Crippen molar-refractivity contribution in [1.29, 1.82) is 0 Å². The van der Waals surface area contributed by atoms with E-state index in [9.17, 15) is 19.1 Å². The minimum atomic E-state index is -1.44. The van der Waals surface area contributed by atoms with Crippen molar-refractivity contribution < 1.29 is 23.4 Å². The Kier molecular flexibility index (Phi) is 4.51. The summed E-state index contributed by atoms with van der Waals surface area (Å²) in [6.45, 7) is 1.03. The molecular weight excluding hydrogens is 408 g/mol. The first-order valence-corrected chi connectivity index (χ1v) is 10.6. The third-order valence-electron chi connectivity index (χ3n) is 7.17. The van der Waals surface area contributed by atoms with E-state index in [-0.39, 0.29) is 34.7 Å². The third-order valence-corrected chi connectivity index (χ3v) is 7.17. The second-order valence-corrected chi connectivity index (χ2v) is 9.10. The molecule has 0 radical (unpaired) electrons. The summed E-state index contributed by atoms with van der Waals surface area (Å²) in [5, 5.41) is 9.30. The highest BCUT2D eigenvalue weighted by molar-refractivity contribution is 5.97. The van der Waals surface area contributed by atoms with Crippen molar-refractivity contribution in [2.24, 2.45) is 11.7 Å². The van der Waals surface area contributed by atoms with E-state index in [1.165, 1.54) is 11.7 Å². The number of fused-ring (bicyclic) bond motifs is 2. The zero-order chi connectivity index (χ0) is 22.1. The molecule has 166 valence electrons. The summed E-state index contributed by atoms with van der Waals surface area (Å²) in [4.78, 5) is 26.3. The monoisotopic (exact) mass is 433 g/mol. The Hall–Kier alpha value is -2.68. The molecule has 0 amide bonds. The highest BCUT2D eigenvalue weighted by Crippen LogP contribution is 2.47. The molecule has 5 rings (SSSR count). The van der Waals surface area contributed by atoms with Crippen molar-refractivity contribution >= 4 is 22.6 Å². The van der Waals surface area contributed by atoms with Crippen LogP contribution in [0.4, 0.5) is 14.5 Å². The first-order chi connectivity index (χ1) is 14.7. The number of halogens is 2. The molecule has 2 aliphatic carbocycles. The Balaban J connectivity index is 1.74. The summed E-state index contributed by atoms with van der Waals surface area (Å²) in [5.74, 6) is -1.76. The number of carbonyl (C=O) groups is 1. The van der Waals surface area contributed by atoms with E-state index in [4.69, 9.17) is 10.5 Å². The maximum atomic E-state index is 15.4. The molecule has 0 spiro atoms. The van der Waals surface area contributed by atoms with Crippen LogP contribution in [-0.2, 0) is 0 Å². The van der Waals surface area contributed by atoms with E-state index < -0.39 is 40.5 Å². The van der Waals surface area contributed by atoms with Gasteiger partial charge in [-0.1, -0.05) is 12.8 Å². The highest BCUT2D eigenvalue weighted by atomic mass is 19.1. The standard InChI is InChI=1S/C22H25F2N3O4/c1-31-20-17-12(19(28)13(21(29)30)9-27(17)16-7-14(16)23)6-15(24)18(20)26-8-11-4-2-3-5-22(11,25)10-26/h6,9,11,14,16H,2-5,7-8,10,25H2,1H3,(H,29,30)/t11-,14-,16?,22+/m0/s1. The van der Waals surface area contributed by atoms with Crippen molar-refractivity contribution in [2.75, 3.05) is 25.1 Å². The molecule has 1 aliphatic heterocycles. The number of ether oxygens (including phenoxy) is 1. The fraction of sp³-hybridized carbons (Fsp3) is 0.545. The van der Waals surface area contributed by atoms with E-state index in [1.807, 2.05) is 4.90 Å². The number of pyridine rings is 1. The number of benzene rings is 1. The van der Waals surface area contributed by atoms with Crippen LogP contribution in [0.1, 0.15) is 48.5 Å². The third kappa shape index (κ3) is 3.01. The largest absolute Gasteiger partial charge is 0.492 e. The summed E-state index contributed by atoms with van der Waals surface area (Å²) in [6, 6.07) is 0.439. The Morgan fingerprint density at radius 3 is 2.74 bits per heavy atom. The van der Waals surface area contributed by atoms with Gasteiger partial charge in [-0.2, -0.15) is 0 Å². The van der Waals surface area contributed by atoms with Crippen LogP contribution in [-0.4, -0.2) is 47.6 Å². The molecule has 9 heteroatoms. The van der Waals surface area contributed by atoms with Gasteiger partial charge in [0.25, 0.3) is 0 Å². The number of aromatic carboxylic acids is 1. The average molecular weight is 433 g/mol. The van der Waals surface area contributed by atoms with Gasteiger partial charge in [-0.05, 0) is 24.8 Å². The minimum absolute atomic E-state index is 0.116. The molecule has 1 aromatic heterocycles. The lowest BCUT2D eigenvalue weighted by Gasteiger charge is -2.34. The van der Waals surface area contributed by atoms with Crippen LogP contribution in [0.2, 0.25) is 0 Å². The number of carboxylic acids is 1. The quantitative estimate of drug-likeness (QED) is 0.770. The zero-order valence-corrected chi connectivity index (χ0v) is 17.2. The zero-order valence-electron chi connectivity index (χ0n) is 17.2. The number of nitrogens with zero attached hydrogens (tertiary/aromatic N) is 2. The number of rotatable bonds is 4. The molecule has 3 fully saturated rings. The van der Waals surface area contributed by atoms with Gasteiger partial charge >= 0.3 is 5.97 Å². The molecular formula is C22H25F2N3O4. The summed E-state index contributed by atoms with van der Waals surface area (Å²) >= 11 is 0. The molecule has 2 aromatic rings. The molecule has 3 N–H and O–H groups in total. The van der Waals surface area contributed by atoms with Gasteiger partial charge in [-0.3, -0.25) is 4.79 Å². The van der Waals surface area contributed by atoms with Gasteiger partial charge in [0.2, 0.25) is 5.43 Å². The van der Waals surface area contributed by atoms with Crippen LogP contribution < -0.4 is 20.8 Å². The van der Waals surface area contributed by atoms with Crippen LogP contribution in [0.25, 0.3) is 10.9 Å². The lowest BCUT2D eigenvalue weighted by molar-refractivity contribution is 0.0694. The normalized spacial score (nSPS) is 29.8. The topological polar surface area (TPSA) is 97.8 Å². The fourth-order valence-electron chi connectivity index (χ4n) is 5.46. The molecule has 1 unspecified atom stereocenters. The van der Waals surface area contributed by atoms with Gasteiger partial charge in [0, 0.05) is 31.2 Å². The Morgan fingerprint density at radius 2 is 2.13 bits per heavy atom. The van der Waals surface area contributed by atoms with E-state index >= 15 is 4.39 Å². The van der Waals surface area contributed by atoms with Crippen molar-refractivity contribution in [3.05, 3.63) is 33.9 Å². The van der Waals surface area contributed by atoms with Crippen LogP contribution in [0.3, 0.4) is 0 Å². The summed E-state index contributed by atoms with van der Waals surface area (Å²) in [5.41, 5.74) is 5.33. The SMILES string of the molecule is COc1c(N2C[C@@H]3CCCC[C@@]3(N)C2)c(F)cc2c(=O)c(C(=O)O)cn(C3C[C@@H]3F)c12. The minimum Gasteiger partial charge on any atom is -0.492 e. The summed E-state index contributed by atoms with van der Waals surface area (Å²) in [6.07, 6.45) is 4.15. The maximum absolute atomic E-state index is 15.4. The lowest BCUT2D eigenvalue weighted by atomic mass is 9.76.